The molecule has 1 aromatic heterocycles. The zero-order chi connectivity index (χ0) is 14.8. The van der Waals surface area contributed by atoms with E-state index in [4.69, 9.17) is 9.47 Å². The van der Waals surface area contributed by atoms with E-state index in [2.05, 4.69) is 9.97 Å². The van der Waals surface area contributed by atoms with Crippen LogP contribution in [0.4, 0.5) is 0 Å². The molecule has 6 heteroatoms. The molecule has 2 N–H and O–H groups in total. The first-order valence-electron chi connectivity index (χ1n) is 6.20. The highest BCUT2D eigenvalue weighted by molar-refractivity contribution is 5.86. The van der Waals surface area contributed by atoms with Crippen LogP contribution in [0.5, 0.6) is 23.1 Å². The number of aromatic hydroxyl groups is 1. The number of aromatic amines is 1. The third-order valence-electron chi connectivity index (χ3n) is 3.02. The molecule has 6 nitrogen and oxygen atoms in total. The van der Waals surface area contributed by atoms with Crippen molar-refractivity contribution in [3.05, 3.63) is 53.1 Å². The van der Waals surface area contributed by atoms with Crippen LogP contribution >= 0.6 is 0 Å². The lowest BCUT2D eigenvalue weighted by atomic mass is 10.1. The van der Waals surface area contributed by atoms with E-state index in [1.165, 1.54) is 13.4 Å². The topological polar surface area (TPSA) is 84.4 Å². The fraction of sp³-hybridized carbons (Fsp3) is 0.0667. The Hall–Kier alpha value is -3.02. The highest BCUT2D eigenvalue weighted by atomic mass is 16.5. The molecular weight excluding hydrogens is 272 g/mol. The summed E-state index contributed by atoms with van der Waals surface area (Å²) in [5.74, 6) is 0.0971. The normalized spacial score (nSPS) is 10.5. The van der Waals surface area contributed by atoms with E-state index in [-0.39, 0.29) is 23.1 Å². The molecule has 3 rings (SSSR count). The number of benzene rings is 2. The Balaban J connectivity index is 2.08. The highest BCUT2D eigenvalue weighted by Gasteiger charge is 2.14. The summed E-state index contributed by atoms with van der Waals surface area (Å²) in [4.78, 5) is 17.9. The quantitative estimate of drug-likeness (QED) is 0.771. The summed E-state index contributed by atoms with van der Waals surface area (Å²) in [6.07, 6.45) is 1.21. The molecule has 0 aliphatic rings. The molecule has 0 amide bonds. The number of rotatable bonds is 3. The fourth-order valence-corrected chi connectivity index (χ4v) is 2.02. The van der Waals surface area contributed by atoms with Gasteiger partial charge in [-0.05, 0) is 22.9 Å². The molecule has 0 aliphatic carbocycles. The summed E-state index contributed by atoms with van der Waals surface area (Å²) in [6.45, 7) is 0. The zero-order valence-corrected chi connectivity index (χ0v) is 11.2. The molecule has 106 valence electrons. The van der Waals surface area contributed by atoms with E-state index in [1.807, 2.05) is 24.3 Å². The van der Waals surface area contributed by atoms with Crippen LogP contribution < -0.4 is 15.0 Å². The summed E-state index contributed by atoms with van der Waals surface area (Å²) in [6, 6.07) is 10.8. The molecule has 0 bridgehead atoms. The number of hydrogen-bond acceptors (Lipinski definition) is 5. The predicted molar refractivity (Wildman–Crippen MR) is 77.1 cm³/mol. The Bertz CT molecular complexity index is 858. The van der Waals surface area contributed by atoms with Crippen LogP contribution in [0.25, 0.3) is 10.8 Å². The van der Waals surface area contributed by atoms with E-state index >= 15 is 0 Å². The summed E-state index contributed by atoms with van der Waals surface area (Å²) in [5, 5.41) is 11.8. The number of hydrogen-bond donors (Lipinski definition) is 2. The van der Waals surface area contributed by atoms with Gasteiger partial charge in [-0.25, -0.2) is 4.98 Å². The average Bonchev–Trinajstić information content (AvgIpc) is 2.48. The van der Waals surface area contributed by atoms with Crippen LogP contribution in [-0.4, -0.2) is 22.2 Å². The first kappa shape index (κ1) is 13.0. The first-order valence-corrected chi connectivity index (χ1v) is 6.20. The van der Waals surface area contributed by atoms with Gasteiger partial charge in [-0.3, -0.25) is 4.79 Å². The maximum Gasteiger partial charge on any atom is 0.297 e. The standard InChI is InChI=1S/C15H12N2O4/c1-20-13-14(19)16-8-17-15(13)21-12-7-10-5-3-2-4-9(10)6-11(12)18/h2-8,18H,1H3,(H,16,17,19). The van der Waals surface area contributed by atoms with Crippen LogP contribution in [0, 0.1) is 0 Å². The number of nitrogens with one attached hydrogen (secondary N) is 1. The van der Waals surface area contributed by atoms with Crippen molar-refractivity contribution >= 4 is 10.8 Å². The minimum atomic E-state index is -0.456. The van der Waals surface area contributed by atoms with Gasteiger partial charge in [-0.1, -0.05) is 24.3 Å². The monoisotopic (exact) mass is 284 g/mol. The molecule has 0 spiro atoms. The Labute approximate surface area is 119 Å². The van der Waals surface area contributed by atoms with Crippen LogP contribution in [-0.2, 0) is 0 Å². The number of phenols is 1. The van der Waals surface area contributed by atoms with Crippen LogP contribution in [0.3, 0.4) is 0 Å². The van der Waals surface area contributed by atoms with Gasteiger partial charge in [0, 0.05) is 0 Å². The molecular formula is C15H12N2O4. The largest absolute Gasteiger partial charge is 0.504 e. The molecule has 0 aliphatic heterocycles. The van der Waals surface area contributed by atoms with Gasteiger partial charge in [0.2, 0.25) is 5.75 Å². The second-order valence-electron chi connectivity index (χ2n) is 4.34. The Morgan fingerprint density at radius 2 is 1.90 bits per heavy atom. The van der Waals surface area contributed by atoms with Crippen molar-refractivity contribution in [1.82, 2.24) is 9.97 Å². The first-order chi connectivity index (χ1) is 10.2. The molecule has 0 saturated carbocycles. The van der Waals surface area contributed by atoms with E-state index in [0.717, 1.165) is 10.8 Å². The maximum absolute atomic E-state index is 11.6. The van der Waals surface area contributed by atoms with Gasteiger partial charge in [0.25, 0.3) is 11.4 Å². The van der Waals surface area contributed by atoms with E-state index in [9.17, 15) is 9.90 Å². The molecule has 3 aromatic rings. The zero-order valence-electron chi connectivity index (χ0n) is 11.2. The Morgan fingerprint density at radius 1 is 1.19 bits per heavy atom. The molecule has 0 radical (unpaired) electrons. The summed E-state index contributed by atoms with van der Waals surface area (Å²) >= 11 is 0. The number of phenolic OH excluding ortho intramolecular Hbond substituents is 1. The van der Waals surface area contributed by atoms with E-state index in [0.29, 0.717) is 0 Å². The van der Waals surface area contributed by atoms with Crippen molar-refractivity contribution in [2.24, 2.45) is 0 Å². The lowest BCUT2D eigenvalue weighted by molar-refractivity contribution is 0.352. The number of aromatic nitrogens is 2. The number of methoxy groups -OCH3 is 1. The molecule has 0 atom stereocenters. The third-order valence-corrected chi connectivity index (χ3v) is 3.02. The number of ether oxygens (including phenoxy) is 2. The van der Waals surface area contributed by atoms with Crippen molar-refractivity contribution in [3.63, 3.8) is 0 Å². The van der Waals surface area contributed by atoms with Gasteiger partial charge in [-0.2, -0.15) is 0 Å². The molecule has 1 heterocycles. The minimum Gasteiger partial charge on any atom is -0.504 e. The Morgan fingerprint density at radius 3 is 2.62 bits per heavy atom. The van der Waals surface area contributed by atoms with Crippen LogP contribution in [0.15, 0.2) is 47.5 Å². The van der Waals surface area contributed by atoms with Crippen molar-refractivity contribution in [2.45, 2.75) is 0 Å². The SMILES string of the molecule is COc1c(Oc2cc3ccccc3cc2O)nc[nH]c1=O. The van der Waals surface area contributed by atoms with Gasteiger partial charge in [0.05, 0.1) is 13.4 Å². The summed E-state index contributed by atoms with van der Waals surface area (Å²) < 4.78 is 10.5. The van der Waals surface area contributed by atoms with Gasteiger partial charge in [-0.15, -0.1) is 0 Å². The lowest BCUT2D eigenvalue weighted by Crippen LogP contribution is -2.10. The molecule has 21 heavy (non-hydrogen) atoms. The van der Waals surface area contributed by atoms with Crippen molar-refractivity contribution in [1.29, 1.82) is 0 Å². The van der Waals surface area contributed by atoms with Crippen molar-refractivity contribution < 1.29 is 14.6 Å². The van der Waals surface area contributed by atoms with Crippen LogP contribution in [0.1, 0.15) is 0 Å². The molecule has 0 saturated heterocycles. The number of fused-ring (bicyclic) bond motifs is 1. The van der Waals surface area contributed by atoms with Crippen molar-refractivity contribution in [2.75, 3.05) is 7.11 Å². The number of nitrogens with zero attached hydrogens (tertiary/aromatic N) is 1. The molecule has 2 aromatic carbocycles. The smallest absolute Gasteiger partial charge is 0.297 e. The van der Waals surface area contributed by atoms with E-state index < -0.39 is 5.56 Å². The molecule has 0 unspecified atom stereocenters. The minimum absolute atomic E-state index is 0.00756. The third kappa shape index (κ3) is 2.38. The van der Waals surface area contributed by atoms with E-state index in [1.54, 1.807) is 12.1 Å². The van der Waals surface area contributed by atoms with Gasteiger partial charge < -0.3 is 19.6 Å². The number of H-pyrrole nitrogens is 1. The lowest BCUT2D eigenvalue weighted by Gasteiger charge is -2.10. The predicted octanol–water partition coefficient (Wildman–Crippen LogP) is 2.43. The second kappa shape index (κ2) is 5.16. The van der Waals surface area contributed by atoms with Gasteiger partial charge in [0.15, 0.2) is 11.5 Å². The maximum atomic E-state index is 11.6. The van der Waals surface area contributed by atoms with Crippen molar-refractivity contribution in [3.8, 4) is 23.1 Å². The fourth-order valence-electron chi connectivity index (χ4n) is 2.02. The molecule has 0 fully saturated rings. The van der Waals surface area contributed by atoms with Crippen LogP contribution in [0.2, 0.25) is 0 Å². The average molecular weight is 284 g/mol. The second-order valence-corrected chi connectivity index (χ2v) is 4.34. The summed E-state index contributed by atoms with van der Waals surface area (Å²) in [7, 11) is 1.35. The Kier molecular flexibility index (Phi) is 3.19. The van der Waals surface area contributed by atoms with Gasteiger partial charge in [0.1, 0.15) is 0 Å². The summed E-state index contributed by atoms with van der Waals surface area (Å²) in [5.41, 5.74) is -0.456. The van der Waals surface area contributed by atoms with Gasteiger partial charge >= 0.3 is 0 Å². The highest BCUT2D eigenvalue weighted by Crippen LogP contribution is 2.35.